The first-order valence-electron chi connectivity index (χ1n) is 4.22. The molecule has 1 atom stereocenters. The van der Waals surface area contributed by atoms with Crippen molar-refractivity contribution in [3.63, 3.8) is 0 Å². The zero-order valence-electron chi connectivity index (χ0n) is 7.12. The minimum atomic E-state index is 0.186. The minimum absolute atomic E-state index is 0.186. The van der Waals surface area contributed by atoms with Gasteiger partial charge in [-0.2, -0.15) is 5.26 Å². The molecule has 1 aromatic heterocycles. The van der Waals surface area contributed by atoms with Crippen LogP contribution in [0.1, 0.15) is 17.9 Å². The van der Waals surface area contributed by atoms with Gasteiger partial charge in [-0.15, -0.1) is 0 Å². The van der Waals surface area contributed by atoms with Crippen LogP contribution in [0.2, 0.25) is 0 Å². The van der Waals surface area contributed by atoms with Crippen molar-refractivity contribution in [3.8, 4) is 6.07 Å². The molecule has 3 nitrogen and oxygen atoms in total. The van der Waals surface area contributed by atoms with Crippen molar-refractivity contribution in [1.82, 2.24) is 9.55 Å². The van der Waals surface area contributed by atoms with E-state index in [0.29, 0.717) is 0 Å². The van der Waals surface area contributed by atoms with Gasteiger partial charge in [0, 0.05) is 19.2 Å². The molecule has 3 heteroatoms. The Hall–Kier alpha value is -1.30. The van der Waals surface area contributed by atoms with Gasteiger partial charge in [-0.05, 0) is 13.3 Å². The molecule has 0 radical (unpaired) electrons. The standard InChI is InChI=1S/C9H11N3/c1-7-5-12-6-8(4-10)2-3-9(12)11-7/h5,8H,2-3,6H2,1H3. The van der Waals surface area contributed by atoms with Crippen LogP contribution in [0.25, 0.3) is 0 Å². The van der Waals surface area contributed by atoms with E-state index < -0.39 is 0 Å². The summed E-state index contributed by atoms with van der Waals surface area (Å²) in [5, 5.41) is 8.74. The van der Waals surface area contributed by atoms with Crippen LogP contribution >= 0.6 is 0 Å². The highest BCUT2D eigenvalue weighted by Gasteiger charge is 2.18. The molecule has 1 aliphatic rings. The molecular weight excluding hydrogens is 150 g/mol. The van der Waals surface area contributed by atoms with E-state index in [1.165, 1.54) is 0 Å². The molecule has 1 aromatic rings. The van der Waals surface area contributed by atoms with Crippen LogP contribution in [-0.4, -0.2) is 9.55 Å². The van der Waals surface area contributed by atoms with Crippen molar-refractivity contribution >= 4 is 0 Å². The monoisotopic (exact) mass is 161 g/mol. The maximum absolute atomic E-state index is 8.74. The molecule has 12 heavy (non-hydrogen) atoms. The number of nitriles is 1. The Labute approximate surface area is 71.6 Å². The summed E-state index contributed by atoms with van der Waals surface area (Å²) < 4.78 is 2.10. The normalized spacial score (nSPS) is 21.5. The summed E-state index contributed by atoms with van der Waals surface area (Å²) in [5.74, 6) is 1.32. The topological polar surface area (TPSA) is 41.6 Å². The van der Waals surface area contributed by atoms with E-state index in [4.69, 9.17) is 5.26 Å². The van der Waals surface area contributed by atoms with Gasteiger partial charge in [-0.3, -0.25) is 0 Å². The van der Waals surface area contributed by atoms with Crippen LogP contribution in [-0.2, 0) is 13.0 Å². The maximum atomic E-state index is 8.74. The molecule has 0 saturated carbocycles. The number of aryl methyl sites for hydroxylation is 2. The van der Waals surface area contributed by atoms with Crippen LogP contribution < -0.4 is 0 Å². The van der Waals surface area contributed by atoms with Gasteiger partial charge in [0.1, 0.15) is 5.82 Å². The third kappa shape index (κ3) is 1.10. The Morgan fingerprint density at radius 1 is 1.75 bits per heavy atom. The lowest BCUT2D eigenvalue weighted by molar-refractivity contribution is 0.438. The first kappa shape index (κ1) is 7.35. The van der Waals surface area contributed by atoms with Gasteiger partial charge in [0.25, 0.3) is 0 Å². The first-order chi connectivity index (χ1) is 5.79. The first-order valence-corrected chi connectivity index (χ1v) is 4.22. The molecule has 0 aliphatic carbocycles. The molecular formula is C9H11N3. The zero-order valence-corrected chi connectivity index (χ0v) is 7.12. The largest absolute Gasteiger partial charge is 0.333 e. The van der Waals surface area contributed by atoms with Crippen LogP contribution in [0.15, 0.2) is 6.20 Å². The molecule has 1 unspecified atom stereocenters. The Morgan fingerprint density at radius 3 is 3.33 bits per heavy atom. The van der Waals surface area contributed by atoms with Gasteiger partial charge >= 0.3 is 0 Å². The van der Waals surface area contributed by atoms with Gasteiger partial charge in [0.05, 0.1) is 17.7 Å². The number of rotatable bonds is 0. The number of aromatic nitrogens is 2. The molecule has 0 amide bonds. The fourth-order valence-electron chi connectivity index (χ4n) is 1.69. The third-order valence-electron chi connectivity index (χ3n) is 2.30. The van der Waals surface area contributed by atoms with E-state index in [1.807, 2.05) is 13.1 Å². The molecule has 62 valence electrons. The fourth-order valence-corrected chi connectivity index (χ4v) is 1.69. The highest BCUT2D eigenvalue weighted by molar-refractivity contribution is 5.06. The van der Waals surface area contributed by atoms with Crippen molar-refractivity contribution < 1.29 is 0 Å². The predicted octanol–water partition coefficient (Wildman–Crippen LogP) is 1.28. The Balaban J connectivity index is 2.29. The minimum Gasteiger partial charge on any atom is -0.333 e. The van der Waals surface area contributed by atoms with Gasteiger partial charge in [-0.25, -0.2) is 4.98 Å². The lowest BCUT2D eigenvalue weighted by Crippen LogP contribution is -2.18. The molecule has 1 aliphatic heterocycles. The number of hydrogen-bond acceptors (Lipinski definition) is 2. The molecule has 0 N–H and O–H groups in total. The maximum Gasteiger partial charge on any atom is 0.109 e. The average molecular weight is 161 g/mol. The van der Waals surface area contributed by atoms with Crippen molar-refractivity contribution in [1.29, 1.82) is 5.26 Å². The Kier molecular flexibility index (Phi) is 1.61. The lowest BCUT2D eigenvalue weighted by atomic mass is 10.0. The zero-order chi connectivity index (χ0) is 8.55. The van der Waals surface area contributed by atoms with E-state index >= 15 is 0 Å². The van der Waals surface area contributed by atoms with Gasteiger partial charge in [0.2, 0.25) is 0 Å². The summed E-state index contributed by atoms with van der Waals surface area (Å²) in [6.45, 7) is 2.82. The quantitative estimate of drug-likeness (QED) is 0.575. The van der Waals surface area contributed by atoms with Crippen LogP contribution in [0.4, 0.5) is 0 Å². The van der Waals surface area contributed by atoms with Crippen molar-refractivity contribution in [2.24, 2.45) is 5.92 Å². The number of nitrogens with zero attached hydrogens (tertiary/aromatic N) is 3. The Morgan fingerprint density at radius 2 is 2.58 bits per heavy atom. The summed E-state index contributed by atoms with van der Waals surface area (Å²) in [5.41, 5.74) is 1.06. The van der Waals surface area contributed by atoms with E-state index in [-0.39, 0.29) is 5.92 Å². The summed E-state index contributed by atoms with van der Waals surface area (Å²) in [6.07, 6.45) is 3.94. The van der Waals surface area contributed by atoms with Crippen molar-refractivity contribution in [3.05, 3.63) is 17.7 Å². The van der Waals surface area contributed by atoms with E-state index in [1.54, 1.807) is 0 Å². The highest BCUT2D eigenvalue weighted by Crippen LogP contribution is 2.18. The fraction of sp³-hybridized carbons (Fsp3) is 0.556. The second kappa shape index (κ2) is 2.63. The number of imidazole rings is 1. The molecule has 2 rings (SSSR count). The summed E-state index contributed by atoms with van der Waals surface area (Å²) in [6, 6.07) is 2.31. The molecule has 0 spiro atoms. The number of hydrogen-bond donors (Lipinski definition) is 0. The van der Waals surface area contributed by atoms with Gasteiger partial charge < -0.3 is 4.57 Å². The number of fused-ring (bicyclic) bond motifs is 1. The Bertz CT molecular complexity index is 332. The average Bonchev–Trinajstić information content (AvgIpc) is 2.43. The summed E-state index contributed by atoms with van der Waals surface area (Å²) >= 11 is 0. The molecule has 2 heterocycles. The molecule has 0 aromatic carbocycles. The van der Waals surface area contributed by atoms with Crippen LogP contribution in [0, 0.1) is 24.2 Å². The SMILES string of the molecule is Cc1cn2c(n1)CCC(C#N)C2. The van der Waals surface area contributed by atoms with Crippen LogP contribution in [0.3, 0.4) is 0 Å². The summed E-state index contributed by atoms with van der Waals surface area (Å²) in [4.78, 5) is 4.37. The van der Waals surface area contributed by atoms with Crippen LogP contribution in [0.5, 0.6) is 0 Å². The van der Waals surface area contributed by atoms with Gasteiger partial charge in [0.15, 0.2) is 0 Å². The summed E-state index contributed by atoms with van der Waals surface area (Å²) in [7, 11) is 0. The van der Waals surface area contributed by atoms with Gasteiger partial charge in [-0.1, -0.05) is 0 Å². The van der Waals surface area contributed by atoms with Crippen molar-refractivity contribution in [2.75, 3.05) is 0 Å². The van der Waals surface area contributed by atoms with E-state index in [0.717, 1.165) is 30.9 Å². The predicted molar refractivity (Wildman–Crippen MR) is 44.4 cm³/mol. The van der Waals surface area contributed by atoms with E-state index in [2.05, 4.69) is 15.6 Å². The molecule has 0 saturated heterocycles. The van der Waals surface area contributed by atoms with E-state index in [9.17, 15) is 0 Å². The third-order valence-corrected chi connectivity index (χ3v) is 2.30. The highest BCUT2D eigenvalue weighted by atomic mass is 15.1. The second-order valence-corrected chi connectivity index (χ2v) is 3.32. The smallest absolute Gasteiger partial charge is 0.109 e. The molecule has 0 bridgehead atoms. The second-order valence-electron chi connectivity index (χ2n) is 3.32. The van der Waals surface area contributed by atoms with Crippen molar-refractivity contribution in [2.45, 2.75) is 26.3 Å². The molecule has 0 fully saturated rings. The lowest BCUT2D eigenvalue weighted by Gasteiger charge is -2.17.